The van der Waals surface area contributed by atoms with Crippen LogP contribution in [0.4, 0.5) is 0 Å². The van der Waals surface area contributed by atoms with Crippen molar-refractivity contribution in [2.45, 2.75) is 32.9 Å². The number of hydrogen-bond donors (Lipinski definition) is 2. The van der Waals surface area contributed by atoms with E-state index in [1.165, 1.54) is 6.33 Å². The van der Waals surface area contributed by atoms with Crippen molar-refractivity contribution < 1.29 is 9.59 Å². The number of piperazine rings is 1. The third-order valence-electron chi connectivity index (χ3n) is 4.55. The summed E-state index contributed by atoms with van der Waals surface area (Å²) in [6.45, 7) is 6.81. The van der Waals surface area contributed by atoms with Crippen LogP contribution in [-0.4, -0.2) is 57.2 Å². The average Bonchev–Trinajstić information content (AvgIpc) is 3.17. The van der Waals surface area contributed by atoms with Gasteiger partial charge in [-0.2, -0.15) is 5.10 Å². The molecule has 0 bridgehead atoms. The molecule has 2 N–H and O–H groups in total. The molecular weight excluding hydrogens is 344 g/mol. The molecule has 2 aromatic rings. The zero-order chi connectivity index (χ0) is 19.2. The summed E-state index contributed by atoms with van der Waals surface area (Å²) in [5, 5.41) is 9.95. The molecule has 0 radical (unpaired) electrons. The van der Waals surface area contributed by atoms with Gasteiger partial charge in [-0.25, -0.2) is 9.67 Å². The molecule has 1 fully saturated rings. The third-order valence-corrected chi connectivity index (χ3v) is 4.55. The molecule has 1 aliphatic rings. The van der Waals surface area contributed by atoms with Crippen molar-refractivity contribution in [3.05, 3.63) is 42.5 Å². The van der Waals surface area contributed by atoms with Crippen molar-refractivity contribution in [2.75, 3.05) is 19.6 Å². The Hall–Kier alpha value is -2.74. The maximum atomic E-state index is 12.5. The van der Waals surface area contributed by atoms with E-state index in [1.54, 1.807) is 11.0 Å². The fourth-order valence-electron chi connectivity index (χ4n) is 3.33. The van der Waals surface area contributed by atoms with Gasteiger partial charge in [-0.15, -0.1) is 0 Å². The van der Waals surface area contributed by atoms with E-state index in [-0.39, 0.29) is 18.2 Å². The number of aromatic nitrogens is 3. The lowest BCUT2D eigenvalue weighted by Gasteiger charge is -2.35. The largest absolute Gasteiger partial charge is 0.353 e. The zero-order valence-electron chi connectivity index (χ0n) is 15.8. The van der Waals surface area contributed by atoms with Crippen molar-refractivity contribution in [1.82, 2.24) is 30.3 Å². The van der Waals surface area contributed by atoms with Crippen molar-refractivity contribution in [2.24, 2.45) is 5.92 Å². The lowest BCUT2D eigenvalue weighted by atomic mass is 10.1. The molecule has 1 aromatic carbocycles. The summed E-state index contributed by atoms with van der Waals surface area (Å²) in [4.78, 5) is 30.8. The van der Waals surface area contributed by atoms with Crippen LogP contribution in [-0.2, 0) is 16.1 Å². The summed E-state index contributed by atoms with van der Waals surface area (Å²) < 4.78 is 1.67. The van der Waals surface area contributed by atoms with Gasteiger partial charge in [0, 0.05) is 26.2 Å². The monoisotopic (exact) mass is 370 g/mol. The van der Waals surface area contributed by atoms with E-state index in [4.69, 9.17) is 0 Å². The number of carbonyl (C=O) groups is 2. The second-order valence-corrected chi connectivity index (χ2v) is 7.15. The van der Waals surface area contributed by atoms with Crippen LogP contribution in [0.2, 0.25) is 0 Å². The Morgan fingerprint density at radius 1 is 1.37 bits per heavy atom. The summed E-state index contributed by atoms with van der Waals surface area (Å²) in [6, 6.07) is 7.29. The van der Waals surface area contributed by atoms with Crippen molar-refractivity contribution in [3.63, 3.8) is 0 Å². The Morgan fingerprint density at radius 3 is 2.93 bits per heavy atom. The minimum Gasteiger partial charge on any atom is -0.353 e. The van der Waals surface area contributed by atoms with Gasteiger partial charge in [0.15, 0.2) is 0 Å². The standard InChI is InChI=1S/C19H26N6O2/c1-14(2)11-24-8-7-21-19(27)17(24)9-18(26)22-10-15-5-3-4-6-16(15)25-13-20-12-23-25/h3-6,12-14,17H,7-11H2,1-2H3,(H,21,27)(H,22,26)/t17-/m1/s1. The van der Waals surface area contributed by atoms with E-state index in [9.17, 15) is 9.59 Å². The minimum atomic E-state index is -0.410. The Kier molecular flexibility index (Phi) is 6.18. The van der Waals surface area contributed by atoms with Crippen LogP contribution in [0, 0.1) is 5.92 Å². The van der Waals surface area contributed by atoms with Crippen LogP contribution in [0.15, 0.2) is 36.9 Å². The normalized spacial score (nSPS) is 17.7. The van der Waals surface area contributed by atoms with Gasteiger partial charge >= 0.3 is 0 Å². The SMILES string of the molecule is CC(C)CN1CCNC(=O)[C@H]1CC(=O)NCc1ccccc1-n1cncn1. The topological polar surface area (TPSA) is 92.2 Å². The highest BCUT2D eigenvalue weighted by molar-refractivity contribution is 5.88. The summed E-state index contributed by atoms with van der Waals surface area (Å²) in [6.07, 6.45) is 3.25. The van der Waals surface area contributed by atoms with Gasteiger partial charge in [0.25, 0.3) is 0 Å². The number of benzene rings is 1. The summed E-state index contributed by atoms with van der Waals surface area (Å²) >= 11 is 0. The third kappa shape index (κ3) is 4.91. The maximum Gasteiger partial charge on any atom is 0.237 e. The van der Waals surface area contributed by atoms with E-state index in [0.29, 0.717) is 19.0 Å². The van der Waals surface area contributed by atoms with Crippen molar-refractivity contribution in [3.8, 4) is 5.69 Å². The van der Waals surface area contributed by atoms with E-state index < -0.39 is 6.04 Å². The smallest absolute Gasteiger partial charge is 0.237 e. The van der Waals surface area contributed by atoms with Gasteiger partial charge in [0.1, 0.15) is 12.7 Å². The molecule has 27 heavy (non-hydrogen) atoms. The fraction of sp³-hybridized carbons (Fsp3) is 0.474. The lowest BCUT2D eigenvalue weighted by Crippen LogP contribution is -2.57. The molecule has 2 heterocycles. The second-order valence-electron chi connectivity index (χ2n) is 7.15. The van der Waals surface area contributed by atoms with Crippen LogP contribution in [0.5, 0.6) is 0 Å². The second kappa shape index (κ2) is 8.77. The average molecular weight is 370 g/mol. The molecule has 0 saturated carbocycles. The minimum absolute atomic E-state index is 0.0694. The Balaban J connectivity index is 1.62. The molecule has 1 aliphatic heterocycles. The zero-order valence-corrected chi connectivity index (χ0v) is 15.8. The van der Waals surface area contributed by atoms with Crippen LogP contribution in [0.1, 0.15) is 25.8 Å². The highest BCUT2D eigenvalue weighted by atomic mass is 16.2. The molecule has 0 spiro atoms. The van der Waals surface area contributed by atoms with Gasteiger partial charge < -0.3 is 10.6 Å². The van der Waals surface area contributed by atoms with E-state index in [0.717, 1.165) is 24.3 Å². The van der Waals surface area contributed by atoms with Crippen LogP contribution in [0.25, 0.3) is 5.69 Å². The predicted molar refractivity (Wildman–Crippen MR) is 101 cm³/mol. The maximum absolute atomic E-state index is 12.5. The Bertz CT molecular complexity index is 774. The molecule has 144 valence electrons. The van der Waals surface area contributed by atoms with Crippen LogP contribution >= 0.6 is 0 Å². The van der Waals surface area contributed by atoms with Crippen LogP contribution < -0.4 is 10.6 Å². The summed E-state index contributed by atoms with van der Waals surface area (Å²) in [5.74, 6) is 0.232. The van der Waals surface area contributed by atoms with Gasteiger partial charge in [-0.05, 0) is 17.5 Å². The number of carbonyl (C=O) groups excluding carboxylic acids is 2. The fourth-order valence-corrected chi connectivity index (χ4v) is 3.33. The molecular formula is C19H26N6O2. The number of hydrogen-bond acceptors (Lipinski definition) is 5. The van der Waals surface area contributed by atoms with Gasteiger partial charge in [0.2, 0.25) is 11.8 Å². The molecule has 0 aliphatic carbocycles. The molecule has 1 atom stereocenters. The molecule has 2 amide bonds. The highest BCUT2D eigenvalue weighted by Crippen LogP contribution is 2.14. The number of rotatable bonds is 7. The Morgan fingerprint density at radius 2 is 2.19 bits per heavy atom. The first-order chi connectivity index (χ1) is 13.0. The molecule has 1 saturated heterocycles. The van der Waals surface area contributed by atoms with E-state index >= 15 is 0 Å². The van der Waals surface area contributed by atoms with Gasteiger partial charge in [-0.1, -0.05) is 32.0 Å². The molecule has 3 rings (SSSR count). The van der Waals surface area contributed by atoms with Gasteiger partial charge in [-0.3, -0.25) is 14.5 Å². The first kappa shape index (κ1) is 19.0. The van der Waals surface area contributed by atoms with E-state index in [1.807, 2.05) is 24.3 Å². The number of nitrogens with one attached hydrogen (secondary N) is 2. The molecule has 1 aromatic heterocycles. The van der Waals surface area contributed by atoms with Crippen LogP contribution in [0.3, 0.4) is 0 Å². The number of para-hydroxylation sites is 1. The first-order valence-corrected chi connectivity index (χ1v) is 9.26. The molecule has 0 unspecified atom stereocenters. The Labute approximate surface area is 159 Å². The molecule has 8 nitrogen and oxygen atoms in total. The first-order valence-electron chi connectivity index (χ1n) is 9.26. The highest BCUT2D eigenvalue weighted by Gasteiger charge is 2.31. The number of amides is 2. The summed E-state index contributed by atoms with van der Waals surface area (Å²) in [7, 11) is 0. The quantitative estimate of drug-likeness (QED) is 0.750. The van der Waals surface area contributed by atoms with Crippen molar-refractivity contribution in [1.29, 1.82) is 0 Å². The lowest BCUT2D eigenvalue weighted by molar-refractivity contribution is -0.134. The summed E-state index contributed by atoms with van der Waals surface area (Å²) in [5.41, 5.74) is 1.80. The number of nitrogens with zero attached hydrogens (tertiary/aromatic N) is 4. The molecule has 8 heteroatoms. The predicted octanol–water partition coefficient (Wildman–Crippen LogP) is 0.730. The van der Waals surface area contributed by atoms with E-state index in [2.05, 4.69) is 39.5 Å². The van der Waals surface area contributed by atoms with Gasteiger partial charge in [0.05, 0.1) is 18.2 Å². The van der Waals surface area contributed by atoms with Crippen molar-refractivity contribution >= 4 is 11.8 Å².